The predicted octanol–water partition coefficient (Wildman–Crippen LogP) is 2.08. The van der Waals surface area contributed by atoms with E-state index < -0.39 is 5.97 Å². The van der Waals surface area contributed by atoms with Crippen LogP contribution in [-0.4, -0.2) is 40.5 Å². The maximum absolute atomic E-state index is 12.2. The van der Waals surface area contributed by atoms with Crippen LogP contribution in [0.5, 0.6) is 0 Å². The summed E-state index contributed by atoms with van der Waals surface area (Å²) >= 11 is 0. The maximum atomic E-state index is 12.2. The molecular weight excluding hydrogens is 294 g/mol. The largest absolute Gasteiger partial charge is 0.465 e. The van der Waals surface area contributed by atoms with Gasteiger partial charge in [-0.25, -0.2) is 9.78 Å². The van der Waals surface area contributed by atoms with Crippen molar-refractivity contribution >= 4 is 16.9 Å². The second kappa shape index (κ2) is 6.50. The average molecular weight is 315 g/mol. The number of benzene rings is 1. The van der Waals surface area contributed by atoms with Gasteiger partial charge >= 0.3 is 5.97 Å². The fraction of sp³-hybridized carbons (Fsp3) is 0.471. The molecular formula is C17H21N3O3. The summed E-state index contributed by atoms with van der Waals surface area (Å²) in [5.41, 5.74) is 0.748. The molecule has 0 unspecified atom stereocenters. The smallest absolute Gasteiger partial charge is 0.337 e. The Bertz CT molecular complexity index is 784. The van der Waals surface area contributed by atoms with Crippen molar-refractivity contribution in [2.24, 2.45) is 0 Å². The fourth-order valence-electron chi connectivity index (χ4n) is 3.09. The zero-order valence-electron chi connectivity index (χ0n) is 13.5. The van der Waals surface area contributed by atoms with E-state index in [9.17, 15) is 9.59 Å². The van der Waals surface area contributed by atoms with Gasteiger partial charge in [-0.15, -0.1) is 0 Å². The van der Waals surface area contributed by atoms with Crippen molar-refractivity contribution in [3.63, 3.8) is 0 Å². The van der Waals surface area contributed by atoms with Crippen LogP contribution in [-0.2, 0) is 11.3 Å². The summed E-state index contributed by atoms with van der Waals surface area (Å²) in [5, 5.41) is 0.480. The molecule has 6 nitrogen and oxygen atoms in total. The van der Waals surface area contributed by atoms with E-state index in [-0.39, 0.29) is 5.56 Å². The highest BCUT2D eigenvalue weighted by Gasteiger charge is 2.19. The van der Waals surface area contributed by atoms with Gasteiger partial charge in [-0.3, -0.25) is 9.69 Å². The van der Waals surface area contributed by atoms with E-state index in [1.54, 1.807) is 18.2 Å². The average Bonchev–Trinajstić information content (AvgIpc) is 2.55. The second-order valence-electron chi connectivity index (χ2n) is 6.05. The number of carbonyl (C=O) groups is 1. The van der Waals surface area contributed by atoms with Crippen molar-refractivity contribution in [2.45, 2.75) is 38.8 Å². The molecule has 3 rings (SSSR count). The van der Waals surface area contributed by atoms with Crippen molar-refractivity contribution in [3.05, 3.63) is 39.9 Å². The van der Waals surface area contributed by atoms with Crippen LogP contribution in [0, 0.1) is 0 Å². The number of aromatic amines is 1. The molecule has 0 aliphatic carbocycles. The molecule has 2 heterocycles. The lowest BCUT2D eigenvalue weighted by atomic mass is 10.0. The molecule has 1 N–H and O–H groups in total. The number of rotatable bonds is 3. The summed E-state index contributed by atoms with van der Waals surface area (Å²) < 4.78 is 4.72. The molecule has 1 atom stereocenters. The van der Waals surface area contributed by atoms with Gasteiger partial charge in [0.15, 0.2) is 0 Å². The monoisotopic (exact) mass is 315 g/mol. The first-order valence-electron chi connectivity index (χ1n) is 7.94. The van der Waals surface area contributed by atoms with Gasteiger partial charge in [0.1, 0.15) is 5.82 Å². The minimum Gasteiger partial charge on any atom is -0.465 e. The molecule has 0 amide bonds. The second-order valence-corrected chi connectivity index (χ2v) is 6.05. The number of nitrogens with one attached hydrogen (secondary N) is 1. The van der Waals surface area contributed by atoms with E-state index in [4.69, 9.17) is 4.74 Å². The van der Waals surface area contributed by atoms with Crippen LogP contribution in [0.25, 0.3) is 10.9 Å². The van der Waals surface area contributed by atoms with Crippen LogP contribution in [0.15, 0.2) is 23.0 Å². The Morgan fingerprint density at radius 3 is 3.00 bits per heavy atom. The SMILES string of the molecule is COC(=O)c1ccc2c(=O)[nH]c(CN3CCCC[C@@H]3C)nc2c1. The lowest BCUT2D eigenvalue weighted by molar-refractivity contribution is 0.0601. The number of carbonyl (C=O) groups excluding carboxylic acids is 1. The number of methoxy groups -OCH3 is 1. The molecule has 122 valence electrons. The number of H-pyrrole nitrogens is 1. The molecule has 0 saturated carbocycles. The molecule has 2 aromatic rings. The van der Waals surface area contributed by atoms with E-state index in [0.717, 1.165) is 6.54 Å². The Kier molecular flexibility index (Phi) is 4.43. The summed E-state index contributed by atoms with van der Waals surface area (Å²) in [7, 11) is 1.33. The van der Waals surface area contributed by atoms with Crippen LogP contribution in [0.3, 0.4) is 0 Å². The number of hydrogen-bond acceptors (Lipinski definition) is 5. The number of fused-ring (bicyclic) bond motifs is 1. The third-order valence-electron chi connectivity index (χ3n) is 4.47. The lowest BCUT2D eigenvalue weighted by Gasteiger charge is -2.32. The predicted molar refractivity (Wildman–Crippen MR) is 87.4 cm³/mol. The fourth-order valence-corrected chi connectivity index (χ4v) is 3.09. The molecule has 1 aliphatic heterocycles. The maximum Gasteiger partial charge on any atom is 0.337 e. The number of piperidine rings is 1. The van der Waals surface area contributed by atoms with Gasteiger partial charge in [0.05, 0.1) is 30.1 Å². The molecule has 0 radical (unpaired) electrons. The summed E-state index contributed by atoms with van der Waals surface area (Å²) in [6, 6.07) is 5.30. The van der Waals surface area contributed by atoms with E-state index >= 15 is 0 Å². The highest BCUT2D eigenvalue weighted by molar-refractivity contribution is 5.93. The van der Waals surface area contributed by atoms with Crippen LogP contribution in [0.4, 0.5) is 0 Å². The minimum absolute atomic E-state index is 0.175. The quantitative estimate of drug-likeness (QED) is 0.878. The molecule has 6 heteroatoms. The van der Waals surface area contributed by atoms with Gasteiger partial charge in [-0.05, 0) is 44.5 Å². The van der Waals surface area contributed by atoms with Gasteiger partial charge in [-0.1, -0.05) is 6.42 Å². The first-order chi connectivity index (χ1) is 11.1. The van der Waals surface area contributed by atoms with Crippen LogP contribution in [0.2, 0.25) is 0 Å². The first kappa shape index (κ1) is 15.7. The summed E-state index contributed by atoms with van der Waals surface area (Å²) in [4.78, 5) is 33.6. The zero-order chi connectivity index (χ0) is 16.4. The molecule has 0 bridgehead atoms. The normalized spacial score (nSPS) is 19.0. The highest BCUT2D eigenvalue weighted by Crippen LogP contribution is 2.18. The standard InChI is InChI=1S/C17H21N3O3/c1-11-5-3-4-8-20(11)10-15-18-14-9-12(17(22)23-2)6-7-13(14)16(21)19-15/h6-7,9,11H,3-5,8,10H2,1-2H3,(H,18,19,21)/t11-/m0/s1. The Labute approximate surface area is 134 Å². The van der Waals surface area contributed by atoms with Gasteiger partial charge in [0, 0.05) is 6.04 Å². The van der Waals surface area contributed by atoms with Gasteiger partial charge in [0.25, 0.3) is 5.56 Å². The molecule has 1 aromatic heterocycles. The van der Waals surface area contributed by atoms with E-state index in [0.29, 0.717) is 34.9 Å². The van der Waals surface area contributed by atoms with Crippen molar-refractivity contribution in [3.8, 4) is 0 Å². The van der Waals surface area contributed by atoms with Crippen LogP contribution < -0.4 is 5.56 Å². The van der Waals surface area contributed by atoms with Crippen molar-refractivity contribution in [2.75, 3.05) is 13.7 Å². The molecule has 0 spiro atoms. The Balaban J connectivity index is 1.95. The summed E-state index contributed by atoms with van der Waals surface area (Å²) in [6.07, 6.45) is 3.60. The number of hydrogen-bond donors (Lipinski definition) is 1. The highest BCUT2D eigenvalue weighted by atomic mass is 16.5. The molecule has 1 fully saturated rings. The van der Waals surface area contributed by atoms with Crippen molar-refractivity contribution in [1.29, 1.82) is 0 Å². The first-order valence-corrected chi connectivity index (χ1v) is 7.94. The van der Waals surface area contributed by atoms with E-state index in [1.807, 2.05) is 0 Å². The number of nitrogens with zero attached hydrogens (tertiary/aromatic N) is 2. The van der Waals surface area contributed by atoms with Gasteiger partial charge < -0.3 is 9.72 Å². The molecule has 23 heavy (non-hydrogen) atoms. The number of esters is 1. The van der Waals surface area contributed by atoms with Crippen molar-refractivity contribution in [1.82, 2.24) is 14.9 Å². The minimum atomic E-state index is -0.430. The molecule has 1 saturated heterocycles. The van der Waals surface area contributed by atoms with Gasteiger partial charge in [-0.2, -0.15) is 0 Å². The molecule has 1 aliphatic rings. The Morgan fingerprint density at radius 1 is 1.43 bits per heavy atom. The summed E-state index contributed by atoms with van der Waals surface area (Å²) in [5.74, 6) is 0.207. The third-order valence-corrected chi connectivity index (χ3v) is 4.47. The van der Waals surface area contributed by atoms with Crippen LogP contribution >= 0.6 is 0 Å². The Morgan fingerprint density at radius 2 is 2.26 bits per heavy atom. The topological polar surface area (TPSA) is 75.3 Å². The van der Waals surface area contributed by atoms with Crippen LogP contribution in [0.1, 0.15) is 42.4 Å². The van der Waals surface area contributed by atoms with E-state index in [1.165, 1.54) is 26.4 Å². The van der Waals surface area contributed by atoms with Gasteiger partial charge in [0.2, 0.25) is 0 Å². The lowest BCUT2D eigenvalue weighted by Crippen LogP contribution is -2.37. The number of ether oxygens (including phenoxy) is 1. The zero-order valence-corrected chi connectivity index (χ0v) is 13.5. The van der Waals surface area contributed by atoms with Crippen molar-refractivity contribution < 1.29 is 9.53 Å². The molecule has 1 aromatic carbocycles. The third kappa shape index (κ3) is 3.27. The van der Waals surface area contributed by atoms with E-state index in [2.05, 4.69) is 21.8 Å². The number of aromatic nitrogens is 2. The Hall–Kier alpha value is -2.21. The number of likely N-dealkylation sites (tertiary alicyclic amines) is 1. The summed E-state index contributed by atoms with van der Waals surface area (Å²) in [6.45, 7) is 3.84.